The summed E-state index contributed by atoms with van der Waals surface area (Å²) in [7, 11) is 0. The van der Waals surface area contributed by atoms with Crippen molar-refractivity contribution in [1.29, 1.82) is 0 Å². The normalized spacial score (nSPS) is 11.8. The van der Waals surface area contributed by atoms with Crippen molar-refractivity contribution in [3.8, 4) is 0 Å². The number of furan rings is 1. The monoisotopic (exact) mass is 621 g/mol. The Hall–Kier alpha value is -5.05. The van der Waals surface area contributed by atoms with E-state index in [1.165, 1.54) is 24.1 Å². The standard InChI is InChI=1S/C35H28ClN3O4S/c1-23-14-15-27(21-30(23)36)38-35(42)32(24-9-4-2-5-10-24)44-29-18-16-26(17-19-29)37-34(41)31(22-28-13-8-20-43-28)39-33(40)25-11-6-3-7-12-25/h2-22,32H,1H3,(H,37,41)(H,38,42)(H,39,40)/b31-22-. The molecule has 1 aromatic heterocycles. The highest BCUT2D eigenvalue weighted by molar-refractivity contribution is 8.00. The van der Waals surface area contributed by atoms with E-state index in [0.717, 1.165) is 16.0 Å². The van der Waals surface area contributed by atoms with E-state index in [-0.39, 0.29) is 11.6 Å². The number of rotatable bonds is 10. The van der Waals surface area contributed by atoms with Gasteiger partial charge in [-0.05, 0) is 78.7 Å². The average Bonchev–Trinajstić information content (AvgIpc) is 3.56. The first-order chi connectivity index (χ1) is 21.4. The van der Waals surface area contributed by atoms with Gasteiger partial charge in [0.15, 0.2) is 0 Å². The van der Waals surface area contributed by atoms with Crippen LogP contribution in [0.4, 0.5) is 11.4 Å². The van der Waals surface area contributed by atoms with Crippen LogP contribution in [0.15, 0.2) is 137 Å². The lowest BCUT2D eigenvalue weighted by Crippen LogP contribution is -2.30. The van der Waals surface area contributed by atoms with Gasteiger partial charge in [-0.3, -0.25) is 14.4 Å². The maximum absolute atomic E-state index is 13.4. The van der Waals surface area contributed by atoms with Crippen molar-refractivity contribution in [3.05, 3.63) is 155 Å². The molecule has 0 fully saturated rings. The summed E-state index contributed by atoms with van der Waals surface area (Å²) < 4.78 is 5.36. The summed E-state index contributed by atoms with van der Waals surface area (Å²) in [5, 5.41) is 8.50. The molecule has 3 N–H and O–H groups in total. The van der Waals surface area contributed by atoms with E-state index < -0.39 is 17.1 Å². The minimum atomic E-state index is -0.548. The molecule has 0 aliphatic rings. The highest BCUT2D eigenvalue weighted by Gasteiger charge is 2.23. The molecule has 0 aliphatic heterocycles. The van der Waals surface area contributed by atoms with Crippen molar-refractivity contribution in [3.63, 3.8) is 0 Å². The zero-order valence-corrected chi connectivity index (χ0v) is 25.2. The number of halogens is 1. The van der Waals surface area contributed by atoms with Crippen molar-refractivity contribution >= 4 is 58.5 Å². The van der Waals surface area contributed by atoms with Crippen LogP contribution in [-0.2, 0) is 9.59 Å². The van der Waals surface area contributed by atoms with Gasteiger partial charge >= 0.3 is 0 Å². The Labute approximate surface area is 264 Å². The molecule has 220 valence electrons. The lowest BCUT2D eigenvalue weighted by atomic mass is 10.1. The van der Waals surface area contributed by atoms with Crippen LogP contribution in [0.2, 0.25) is 5.02 Å². The number of hydrogen-bond acceptors (Lipinski definition) is 5. The molecule has 0 saturated carbocycles. The van der Waals surface area contributed by atoms with E-state index in [1.54, 1.807) is 60.7 Å². The maximum atomic E-state index is 13.4. The third kappa shape index (κ3) is 8.06. The lowest BCUT2D eigenvalue weighted by molar-refractivity contribution is -0.116. The fourth-order valence-corrected chi connectivity index (χ4v) is 5.39. The summed E-state index contributed by atoms with van der Waals surface area (Å²) in [4.78, 5) is 40.3. The molecule has 1 atom stereocenters. The number of hydrogen-bond donors (Lipinski definition) is 3. The molecule has 3 amide bonds. The molecular formula is C35H28ClN3O4S. The second-order valence-corrected chi connectivity index (χ2v) is 11.3. The van der Waals surface area contributed by atoms with Crippen LogP contribution in [0.25, 0.3) is 6.08 Å². The lowest BCUT2D eigenvalue weighted by Gasteiger charge is -2.18. The fraction of sp³-hybridized carbons (Fsp3) is 0.0571. The highest BCUT2D eigenvalue weighted by Crippen LogP contribution is 2.37. The first kappa shape index (κ1) is 30.4. The van der Waals surface area contributed by atoms with Crippen LogP contribution < -0.4 is 16.0 Å². The topological polar surface area (TPSA) is 100 Å². The summed E-state index contributed by atoms with van der Waals surface area (Å²) in [6.45, 7) is 1.90. The quantitative estimate of drug-likeness (QED) is 0.108. The minimum absolute atomic E-state index is 0.0178. The SMILES string of the molecule is Cc1ccc(NC(=O)C(Sc2ccc(NC(=O)/C(=C/c3ccco3)NC(=O)c3ccccc3)cc2)c2ccccc2)cc1Cl. The summed E-state index contributed by atoms with van der Waals surface area (Å²) >= 11 is 7.65. The van der Waals surface area contributed by atoms with Crippen molar-refractivity contribution in [2.75, 3.05) is 10.6 Å². The third-order valence-corrected chi connectivity index (χ3v) is 8.18. The van der Waals surface area contributed by atoms with Gasteiger partial charge in [0.25, 0.3) is 11.8 Å². The Morgan fingerprint density at radius 1 is 0.795 bits per heavy atom. The molecule has 1 heterocycles. The number of carbonyl (C=O) groups excluding carboxylic acids is 3. The van der Waals surface area contributed by atoms with Crippen molar-refractivity contribution < 1.29 is 18.8 Å². The molecule has 1 unspecified atom stereocenters. The molecule has 9 heteroatoms. The van der Waals surface area contributed by atoms with Gasteiger partial charge in [0, 0.05) is 32.9 Å². The van der Waals surface area contributed by atoms with Crippen LogP contribution in [0.5, 0.6) is 0 Å². The van der Waals surface area contributed by atoms with Gasteiger partial charge in [-0.15, -0.1) is 11.8 Å². The summed E-state index contributed by atoms with van der Waals surface area (Å²) in [5.74, 6) is -0.735. The van der Waals surface area contributed by atoms with Gasteiger partial charge in [-0.25, -0.2) is 0 Å². The van der Waals surface area contributed by atoms with Crippen LogP contribution in [0, 0.1) is 6.92 Å². The molecule has 0 radical (unpaired) electrons. The van der Waals surface area contributed by atoms with Crippen LogP contribution in [0.1, 0.15) is 32.5 Å². The van der Waals surface area contributed by atoms with Gasteiger partial charge < -0.3 is 20.4 Å². The van der Waals surface area contributed by atoms with Gasteiger partial charge in [0.05, 0.1) is 6.26 Å². The van der Waals surface area contributed by atoms with Crippen molar-refractivity contribution in [2.45, 2.75) is 17.1 Å². The third-order valence-electron chi connectivity index (χ3n) is 6.50. The number of nitrogens with one attached hydrogen (secondary N) is 3. The number of anilines is 2. The van der Waals surface area contributed by atoms with E-state index in [9.17, 15) is 14.4 Å². The predicted molar refractivity (Wildman–Crippen MR) is 176 cm³/mol. The molecular weight excluding hydrogens is 594 g/mol. The molecule has 44 heavy (non-hydrogen) atoms. The number of thioether (sulfide) groups is 1. The molecule has 7 nitrogen and oxygen atoms in total. The smallest absolute Gasteiger partial charge is 0.272 e. The minimum Gasteiger partial charge on any atom is -0.465 e. The fourth-order valence-electron chi connectivity index (χ4n) is 4.19. The van der Waals surface area contributed by atoms with E-state index in [2.05, 4.69) is 16.0 Å². The van der Waals surface area contributed by atoms with Crippen LogP contribution in [-0.4, -0.2) is 17.7 Å². The zero-order valence-electron chi connectivity index (χ0n) is 23.6. The highest BCUT2D eigenvalue weighted by atomic mass is 35.5. The summed E-state index contributed by atoms with van der Waals surface area (Å²) in [5.41, 5.74) is 3.32. The van der Waals surface area contributed by atoms with E-state index >= 15 is 0 Å². The molecule has 0 aliphatic carbocycles. The number of benzene rings is 4. The first-order valence-corrected chi connectivity index (χ1v) is 14.9. The zero-order chi connectivity index (χ0) is 30.9. The van der Waals surface area contributed by atoms with Crippen molar-refractivity contribution in [2.24, 2.45) is 0 Å². The number of aryl methyl sites for hydroxylation is 1. The van der Waals surface area contributed by atoms with Gasteiger partial charge in [-0.2, -0.15) is 0 Å². The van der Waals surface area contributed by atoms with Crippen LogP contribution >= 0.6 is 23.4 Å². The Morgan fingerprint density at radius 2 is 1.48 bits per heavy atom. The largest absolute Gasteiger partial charge is 0.465 e. The van der Waals surface area contributed by atoms with Crippen LogP contribution in [0.3, 0.4) is 0 Å². The van der Waals surface area contributed by atoms with Crippen molar-refractivity contribution in [1.82, 2.24) is 5.32 Å². The molecule has 5 aromatic rings. The van der Waals surface area contributed by atoms with E-state index in [4.69, 9.17) is 16.0 Å². The Balaban J connectivity index is 1.30. The van der Waals surface area contributed by atoms with Gasteiger partial charge in [0.2, 0.25) is 5.91 Å². The Kier molecular flexibility index (Phi) is 9.96. The van der Waals surface area contributed by atoms with Gasteiger partial charge in [0.1, 0.15) is 16.7 Å². The second-order valence-electron chi connectivity index (χ2n) is 9.73. The average molecular weight is 622 g/mol. The predicted octanol–water partition coefficient (Wildman–Crippen LogP) is 8.12. The molecule has 5 rings (SSSR count). The maximum Gasteiger partial charge on any atom is 0.272 e. The number of carbonyl (C=O) groups is 3. The summed E-state index contributed by atoms with van der Waals surface area (Å²) in [6.07, 6.45) is 2.94. The Morgan fingerprint density at radius 3 is 2.14 bits per heavy atom. The summed E-state index contributed by atoms with van der Waals surface area (Å²) in [6, 6.07) is 34.0. The molecule has 0 saturated heterocycles. The molecule has 0 spiro atoms. The second kappa shape index (κ2) is 14.4. The first-order valence-electron chi connectivity index (χ1n) is 13.7. The number of amides is 3. The van der Waals surface area contributed by atoms with E-state index in [0.29, 0.717) is 27.7 Å². The molecule has 0 bridgehead atoms. The molecule has 4 aromatic carbocycles. The Bertz CT molecular complexity index is 1770. The van der Waals surface area contributed by atoms with E-state index in [1.807, 2.05) is 61.5 Å². The van der Waals surface area contributed by atoms with Gasteiger partial charge in [-0.1, -0.05) is 66.2 Å².